The summed E-state index contributed by atoms with van der Waals surface area (Å²) in [6.45, 7) is 1.16. The molecule has 1 aliphatic rings. The van der Waals surface area contributed by atoms with E-state index in [1.807, 2.05) is 24.3 Å². The first-order valence-electron chi connectivity index (χ1n) is 7.23. The summed E-state index contributed by atoms with van der Waals surface area (Å²) in [5, 5.41) is 1.61. The topological polar surface area (TPSA) is 32.7 Å². The van der Waals surface area contributed by atoms with E-state index in [9.17, 15) is 4.79 Å². The van der Waals surface area contributed by atoms with Gasteiger partial charge >= 0.3 is 0 Å². The van der Waals surface area contributed by atoms with Gasteiger partial charge in [-0.1, -0.05) is 63.0 Å². The van der Waals surface area contributed by atoms with Crippen LogP contribution in [-0.4, -0.2) is 29.1 Å². The molecule has 1 aliphatic heterocycles. The number of benzene rings is 2. The van der Waals surface area contributed by atoms with Crippen molar-refractivity contribution < 1.29 is 4.79 Å². The predicted molar refractivity (Wildman–Crippen MR) is 105 cm³/mol. The first kappa shape index (κ1) is 17.8. The van der Waals surface area contributed by atoms with Gasteiger partial charge in [-0.25, -0.2) is 0 Å². The Morgan fingerprint density at radius 3 is 2.71 bits per heavy atom. The predicted octanol–water partition coefficient (Wildman–Crippen LogP) is 5.50. The molecule has 2 aromatic carbocycles. The Labute approximate surface area is 163 Å². The van der Waals surface area contributed by atoms with E-state index in [-0.39, 0.29) is 5.91 Å². The molecule has 1 amide bonds. The van der Waals surface area contributed by atoms with Crippen LogP contribution in [-0.2, 0) is 5.75 Å². The van der Waals surface area contributed by atoms with Crippen LogP contribution >= 0.6 is 50.9 Å². The van der Waals surface area contributed by atoms with E-state index in [4.69, 9.17) is 23.2 Å². The average Bonchev–Trinajstić information content (AvgIpc) is 3.04. The van der Waals surface area contributed by atoms with Gasteiger partial charge < -0.3 is 0 Å². The van der Waals surface area contributed by atoms with E-state index in [1.54, 1.807) is 34.9 Å². The highest BCUT2D eigenvalue weighted by molar-refractivity contribution is 9.10. The van der Waals surface area contributed by atoms with Gasteiger partial charge in [0, 0.05) is 21.8 Å². The first-order valence-corrected chi connectivity index (χ1v) is 9.76. The van der Waals surface area contributed by atoms with Gasteiger partial charge in [0.2, 0.25) is 0 Å². The van der Waals surface area contributed by atoms with Gasteiger partial charge in [0.25, 0.3) is 5.91 Å². The Morgan fingerprint density at radius 2 is 1.96 bits per heavy atom. The van der Waals surface area contributed by atoms with Crippen molar-refractivity contribution in [3.05, 3.63) is 68.1 Å². The van der Waals surface area contributed by atoms with Crippen LogP contribution in [0.3, 0.4) is 0 Å². The lowest BCUT2D eigenvalue weighted by Gasteiger charge is -2.18. The minimum absolute atomic E-state index is 0.165. The number of amidine groups is 1. The SMILES string of the molecule is O=C(c1cc(Cl)ccc1Cl)N1CCN=C1SCc1ccc(Br)cc1. The van der Waals surface area contributed by atoms with Crippen LogP contribution < -0.4 is 0 Å². The molecule has 0 fully saturated rings. The summed E-state index contributed by atoms with van der Waals surface area (Å²) >= 11 is 17.1. The van der Waals surface area contributed by atoms with Crippen molar-refractivity contribution in [2.24, 2.45) is 4.99 Å². The van der Waals surface area contributed by atoms with Gasteiger partial charge in [0.15, 0.2) is 5.17 Å². The fourth-order valence-corrected chi connectivity index (χ4v) is 3.91. The maximum absolute atomic E-state index is 12.8. The molecule has 1 heterocycles. The normalized spacial score (nSPS) is 14.0. The summed E-state index contributed by atoms with van der Waals surface area (Å²) in [5.41, 5.74) is 1.58. The van der Waals surface area contributed by atoms with Crippen molar-refractivity contribution in [3.8, 4) is 0 Å². The highest BCUT2D eigenvalue weighted by Gasteiger charge is 2.26. The van der Waals surface area contributed by atoms with Crippen LogP contribution in [0.4, 0.5) is 0 Å². The molecule has 0 atom stereocenters. The van der Waals surface area contributed by atoms with Crippen LogP contribution in [0.25, 0.3) is 0 Å². The van der Waals surface area contributed by atoms with Crippen LogP contribution in [0.1, 0.15) is 15.9 Å². The molecular weight excluding hydrogens is 431 g/mol. The number of carbonyl (C=O) groups excluding carboxylic acids is 1. The number of amides is 1. The lowest BCUT2D eigenvalue weighted by atomic mass is 10.2. The molecule has 0 N–H and O–H groups in total. The van der Waals surface area contributed by atoms with E-state index in [2.05, 4.69) is 20.9 Å². The van der Waals surface area contributed by atoms with E-state index in [1.165, 1.54) is 5.56 Å². The number of nitrogens with zero attached hydrogens (tertiary/aromatic N) is 2. The maximum atomic E-state index is 12.8. The zero-order valence-corrected chi connectivity index (χ0v) is 16.4. The molecule has 0 unspecified atom stereocenters. The van der Waals surface area contributed by atoms with Crippen molar-refractivity contribution in [2.75, 3.05) is 13.1 Å². The molecule has 0 bridgehead atoms. The summed E-state index contributed by atoms with van der Waals surface area (Å²) in [7, 11) is 0. The Morgan fingerprint density at radius 1 is 1.21 bits per heavy atom. The summed E-state index contributed by atoms with van der Waals surface area (Å²) in [6.07, 6.45) is 0. The third kappa shape index (κ3) is 4.14. The van der Waals surface area contributed by atoms with E-state index in [0.717, 1.165) is 15.4 Å². The number of hydrogen-bond acceptors (Lipinski definition) is 3. The molecule has 124 valence electrons. The molecule has 0 saturated heterocycles. The zero-order valence-electron chi connectivity index (χ0n) is 12.5. The number of rotatable bonds is 3. The van der Waals surface area contributed by atoms with Crippen LogP contribution in [0.2, 0.25) is 10.0 Å². The second-order valence-corrected chi connectivity index (χ2v) is 7.86. The monoisotopic (exact) mass is 442 g/mol. The van der Waals surface area contributed by atoms with Gasteiger partial charge in [0.05, 0.1) is 17.1 Å². The van der Waals surface area contributed by atoms with E-state index >= 15 is 0 Å². The van der Waals surface area contributed by atoms with Gasteiger partial charge in [0.1, 0.15) is 0 Å². The molecule has 0 aromatic heterocycles. The maximum Gasteiger partial charge on any atom is 0.261 e. The van der Waals surface area contributed by atoms with Crippen molar-refractivity contribution in [2.45, 2.75) is 5.75 Å². The second-order valence-electron chi connectivity index (χ2n) is 5.16. The molecule has 3 nitrogen and oxygen atoms in total. The molecule has 0 spiro atoms. The number of carbonyl (C=O) groups is 1. The fourth-order valence-electron chi connectivity index (χ4n) is 2.27. The van der Waals surface area contributed by atoms with Crippen LogP contribution in [0.5, 0.6) is 0 Å². The molecule has 2 aromatic rings. The van der Waals surface area contributed by atoms with Crippen molar-refractivity contribution in [3.63, 3.8) is 0 Å². The standard InChI is InChI=1S/C17H13BrCl2N2OS/c18-12-3-1-11(2-4-12)10-24-17-21-7-8-22(17)16(23)14-9-13(19)5-6-15(14)20/h1-6,9H,7-8,10H2. The quantitative estimate of drug-likeness (QED) is 0.627. The van der Waals surface area contributed by atoms with Crippen LogP contribution in [0, 0.1) is 0 Å². The molecule has 0 aliphatic carbocycles. The minimum Gasteiger partial charge on any atom is -0.286 e. The summed E-state index contributed by atoms with van der Waals surface area (Å²) in [6, 6.07) is 13.0. The smallest absolute Gasteiger partial charge is 0.261 e. The highest BCUT2D eigenvalue weighted by Crippen LogP contribution is 2.26. The third-order valence-electron chi connectivity index (χ3n) is 3.49. The molecular formula is C17H13BrCl2N2OS. The summed E-state index contributed by atoms with van der Waals surface area (Å²) in [5.74, 6) is 0.584. The van der Waals surface area contributed by atoms with Gasteiger partial charge in [-0.05, 0) is 35.9 Å². The first-order chi connectivity index (χ1) is 11.5. The van der Waals surface area contributed by atoms with E-state index < -0.39 is 0 Å². The summed E-state index contributed by atoms with van der Waals surface area (Å²) < 4.78 is 1.04. The Balaban J connectivity index is 1.71. The lowest BCUT2D eigenvalue weighted by molar-refractivity contribution is 0.0861. The van der Waals surface area contributed by atoms with Crippen LogP contribution in [0.15, 0.2) is 51.9 Å². The van der Waals surface area contributed by atoms with Crippen molar-refractivity contribution in [1.29, 1.82) is 0 Å². The van der Waals surface area contributed by atoms with Gasteiger partial charge in [-0.3, -0.25) is 14.7 Å². The van der Waals surface area contributed by atoms with Crippen molar-refractivity contribution in [1.82, 2.24) is 4.90 Å². The zero-order chi connectivity index (χ0) is 17.1. The Bertz CT molecular complexity index is 796. The third-order valence-corrected chi connectivity index (χ3v) is 5.67. The number of hydrogen-bond donors (Lipinski definition) is 0. The number of thioether (sulfide) groups is 1. The Kier molecular flexibility index (Phi) is 5.87. The summed E-state index contributed by atoms with van der Waals surface area (Å²) in [4.78, 5) is 18.9. The second kappa shape index (κ2) is 7.91. The average molecular weight is 444 g/mol. The van der Waals surface area contributed by atoms with Gasteiger partial charge in [-0.2, -0.15) is 0 Å². The fraction of sp³-hybridized carbons (Fsp3) is 0.176. The largest absolute Gasteiger partial charge is 0.286 e. The highest BCUT2D eigenvalue weighted by atomic mass is 79.9. The Hall–Kier alpha value is -1.01. The van der Waals surface area contributed by atoms with Crippen molar-refractivity contribution >= 4 is 62.0 Å². The van der Waals surface area contributed by atoms with E-state index in [0.29, 0.717) is 28.7 Å². The number of aliphatic imine (C=N–C) groups is 1. The molecule has 7 heteroatoms. The lowest BCUT2D eigenvalue weighted by Crippen LogP contribution is -2.33. The molecule has 0 saturated carbocycles. The molecule has 24 heavy (non-hydrogen) atoms. The van der Waals surface area contributed by atoms with Gasteiger partial charge in [-0.15, -0.1) is 0 Å². The minimum atomic E-state index is -0.165. The number of halogens is 3. The molecule has 3 rings (SSSR count). The molecule has 0 radical (unpaired) electrons.